The smallest absolute Gasteiger partial charge is 0.236 e. The molecule has 1 aliphatic heterocycles. The monoisotopic (exact) mass is 395 g/mol. The molecule has 4 rings (SSSR count). The molecule has 0 saturated carbocycles. The minimum absolute atomic E-state index is 0.0814. The molecule has 144 valence electrons. The number of nitrogens with zero attached hydrogens (tertiary/aromatic N) is 2. The first-order chi connectivity index (χ1) is 13.5. The molecule has 1 aliphatic rings. The number of rotatable bonds is 6. The molecule has 6 nitrogen and oxygen atoms in total. The van der Waals surface area contributed by atoms with Crippen molar-refractivity contribution in [3.63, 3.8) is 0 Å². The zero-order valence-electron chi connectivity index (χ0n) is 15.3. The summed E-state index contributed by atoms with van der Waals surface area (Å²) in [4.78, 5) is 16.7. The number of hydrogen-bond acceptors (Lipinski definition) is 4. The topological polar surface area (TPSA) is 79.4 Å². The summed E-state index contributed by atoms with van der Waals surface area (Å²) < 4.78 is 26.8. The van der Waals surface area contributed by atoms with Crippen LogP contribution in [0.15, 0.2) is 60.8 Å². The second kappa shape index (κ2) is 7.59. The van der Waals surface area contributed by atoms with Crippen molar-refractivity contribution in [1.82, 2.24) is 10.3 Å². The van der Waals surface area contributed by atoms with Crippen LogP contribution in [0.4, 0.5) is 5.69 Å². The second-order valence-corrected chi connectivity index (χ2v) is 8.80. The van der Waals surface area contributed by atoms with Gasteiger partial charge >= 0.3 is 0 Å². The van der Waals surface area contributed by atoms with Gasteiger partial charge in [-0.1, -0.05) is 42.5 Å². The molecule has 7 heteroatoms. The lowest BCUT2D eigenvalue weighted by molar-refractivity contribution is -0.120. The zero-order chi connectivity index (χ0) is 19.6. The molecule has 0 unspecified atom stereocenters. The van der Waals surface area contributed by atoms with Gasteiger partial charge in [-0.3, -0.25) is 14.1 Å². The molecular weight excluding hydrogens is 374 g/mol. The van der Waals surface area contributed by atoms with E-state index in [9.17, 15) is 13.2 Å². The number of para-hydroxylation sites is 2. The van der Waals surface area contributed by atoms with Crippen LogP contribution in [0.1, 0.15) is 11.1 Å². The molecular formula is C21H21N3O3S. The van der Waals surface area contributed by atoms with E-state index in [1.165, 1.54) is 4.31 Å². The summed E-state index contributed by atoms with van der Waals surface area (Å²) in [5.74, 6) is -0.337. The Kier molecular flexibility index (Phi) is 5.00. The van der Waals surface area contributed by atoms with Crippen molar-refractivity contribution in [2.75, 3.05) is 23.1 Å². The van der Waals surface area contributed by atoms with Crippen molar-refractivity contribution < 1.29 is 13.2 Å². The lowest BCUT2D eigenvalue weighted by Gasteiger charge is -2.19. The van der Waals surface area contributed by atoms with Gasteiger partial charge in [0.05, 0.1) is 23.4 Å². The summed E-state index contributed by atoms with van der Waals surface area (Å²) in [5, 5.41) is 3.70. The van der Waals surface area contributed by atoms with Crippen LogP contribution < -0.4 is 9.62 Å². The van der Waals surface area contributed by atoms with E-state index in [1.54, 1.807) is 6.20 Å². The highest BCUT2D eigenvalue weighted by Crippen LogP contribution is 2.29. The first-order valence-corrected chi connectivity index (χ1v) is 10.8. The highest BCUT2D eigenvalue weighted by Gasteiger charge is 2.28. The summed E-state index contributed by atoms with van der Waals surface area (Å²) in [5.41, 5.74) is 3.41. The fourth-order valence-electron chi connectivity index (χ4n) is 3.57. The average Bonchev–Trinajstić information content (AvgIpc) is 3.13. The van der Waals surface area contributed by atoms with Crippen molar-refractivity contribution in [1.29, 1.82) is 0 Å². The summed E-state index contributed by atoms with van der Waals surface area (Å²) in [6.07, 6.45) is 2.58. The third-order valence-corrected chi connectivity index (χ3v) is 6.70. The van der Waals surface area contributed by atoms with E-state index < -0.39 is 10.0 Å². The normalized spacial score (nSPS) is 13.5. The van der Waals surface area contributed by atoms with Crippen molar-refractivity contribution >= 4 is 32.5 Å². The van der Waals surface area contributed by atoms with Crippen LogP contribution in [0.25, 0.3) is 10.9 Å². The largest absolute Gasteiger partial charge is 0.355 e. The molecule has 2 heterocycles. The Hall–Kier alpha value is -2.93. The Labute approximate surface area is 164 Å². The fourth-order valence-corrected chi connectivity index (χ4v) is 5.00. The Bertz CT molecular complexity index is 1120. The van der Waals surface area contributed by atoms with Gasteiger partial charge in [-0.05, 0) is 29.7 Å². The van der Waals surface area contributed by atoms with Crippen molar-refractivity contribution in [2.24, 2.45) is 0 Å². The number of carbonyl (C=O) groups excluding carboxylic acids is 1. The average molecular weight is 395 g/mol. The number of amides is 1. The lowest BCUT2D eigenvalue weighted by atomic mass is 10.1. The Morgan fingerprint density at radius 3 is 2.79 bits per heavy atom. The molecule has 0 atom stereocenters. The predicted octanol–water partition coefficient (Wildman–Crippen LogP) is 2.29. The highest BCUT2D eigenvalue weighted by atomic mass is 32.2. The van der Waals surface area contributed by atoms with E-state index in [2.05, 4.69) is 10.3 Å². The predicted molar refractivity (Wildman–Crippen MR) is 110 cm³/mol. The van der Waals surface area contributed by atoms with E-state index in [0.29, 0.717) is 6.54 Å². The van der Waals surface area contributed by atoms with Gasteiger partial charge in [-0.2, -0.15) is 0 Å². The molecule has 0 spiro atoms. The van der Waals surface area contributed by atoms with Crippen molar-refractivity contribution in [2.45, 2.75) is 12.8 Å². The number of benzene rings is 2. The van der Waals surface area contributed by atoms with Crippen molar-refractivity contribution in [3.05, 3.63) is 71.9 Å². The van der Waals surface area contributed by atoms with E-state index in [1.807, 2.05) is 54.6 Å². The van der Waals surface area contributed by atoms with Crippen molar-refractivity contribution in [3.8, 4) is 0 Å². The van der Waals surface area contributed by atoms with Crippen LogP contribution in [0.3, 0.4) is 0 Å². The van der Waals surface area contributed by atoms with Gasteiger partial charge in [-0.25, -0.2) is 8.42 Å². The molecule has 28 heavy (non-hydrogen) atoms. The molecule has 1 N–H and O–H groups in total. The van der Waals surface area contributed by atoms with E-state index >= 15 is 0 Å². The molecule has 1 amide bonds. The number of anilines is 1. The SMILES string of the molecule is O=C(Cc1cccc2cccnc12)NCCS(=O)(=O)N1CCc2ccccc21. The van der Waals surface area contributed by atoms with E-state index in [-0.39, 0.29) is 24.6 Å². The van der Waals surface area contributed by atoms with Crippen LogP contribution in [0, 0.1) is 0 Å². The maximum Gasteiger partial charge on any atom is 0.236 e. The first-order valence-electron chi connectivity index (χ1n) is 9.22. The molecule has 0 saturated heterocycles. The van der Waals surface area contributed by atoms with Gasteiger partial charge in [0.2, 0.25) is 15.9 Å². The number of nitrogens with one attached hydrogen (secondary N) is 1. The number of fused-ring (bicyclic) bond motifs is 2. The van der Waals surface area contributed by atoms with Crippen LogP contribution in [0.2, 0.25) is 0 Å². The van der Waals surface area contributed by atoms with Gasteiger partial charge in [-0.15, -0.1) is 0 Å². The van der Waals surface area contributed by atoms with Crippen LogP contribution in [-0.2, 0) is 27.7 Å². The Morgan fingerprint density at radius 1 is 1.07 bits per heavy atom. The first kappa shape index (κ1) is 18.4. The van der Waals surface area contributed by atoms with Gasteiger partial charge in [0, 0.05) is 24.7 Å². The lowest BCUT2D eigenvalue weighted by Crippen LogP contribution is -2.37. The molecule has 2 aromatic carbocycles. The van der Waals surface area contributed by atoms with Crippen LogP contribution >= 0.6 is 0 Å². The summed E-state index contributed by atoms with van der Waals surface area (Å²) in [6.45, 7) is 0.537. The van der Waals surface area contributed by atoms with E-state index in [4.69, 9.17) is 0 Å². The number of pyridine rings is 1. The number of sulfonamides is 1. The minimum atomic E-state index is -3.47. The molecule has 0 radical (unpaired) electrons. The minimum Gasteiger partial charge on any atom is -0.355 e. The Balaban J connectivity index is 1.37. The summed E-state index contributed by atoms with van der Waals surface area (Å²) in [6, 6.07) is 17.0. The van der Waals surface area contributed by atoms with E-state index in [0.717, 1.165) is 34.1 Å². The maximum atomic E-state index is 12.7. The maximum absolute atomic E-state index is 12.7. The second-order valence-electron chi connectivity index (χ2n) is 6.79. The molecule has 3 aromatic rings. The fraction of sp³-hybridized carbons (Fsp3) is 0.238. The van der Waals surface area contributed by atoms with Crippen LogP contribution in [-0.4, -0.2) is 38.2 Å². The third-order valence-electron chi connectivity index (χ3n) is 4.93. The number of aromatic nitrogens is 1. The molecule has 0 aliphatic carbocycles. The van der Waals surface area contributed by atoms with Gasteiger partial charge < -0.3 is 5.32 Å². The summed E-state index contributed by atoms with van der Waals surface area (Å²) in [7, 11) is -3.47. The van der Waals surface area contributed by atoms with Gasteiger partial charge in [0.1, 0.15) is 0 Å². The third kappa shape index (κ3) is 3.71. The highest BCUT2D eigenvalue weighted by molar-refractivity contribution is 7.92. The quantitative estimate of drug-likeness (QED) is 0.695. The molecule has 0 fully saturated rings. The van der Waals surface area contributed by atoms with Crippen LogP contribution in [0.5, 0.6) is 0 Å². The number of carbonyl (C=O) groups is 1. The Morgan fingerprint density at radius 2 is 1.89 bits per heavy atom. The van der Waals surface area contributed by atoms with Gasteiger partial charge in [0.25, 0.3) is 0 Å². The van der Waals surface area contributed by atoms with Gasteiger partial charge in [0.15, 0.2) is 0 Å². The zero-order valence-corrected chi connectivity index (χ0v) is 16.2. The molecule has 1 aromatic heterocycles. The standard InChI is InChI=1S/C21H21N3O3S/c25-20(15-18-7-3-6-17-8-4-11-23-21(17)18)22-12-14-28(26,27)24-13-10-16-5-1-2-9-19(16)24/h1-9,11H,10,12-15H2,(H,22,25). The molecule has 0 bridgehead atoms. The summed E-state index contributed by atoms with van der Waals surface area (Å²) >= 11 is 0. The number of hydrogen-bond donors (Lipinski definition) is 1.